The van der Waals surface area contributed by atoms with E-state index in [1.807, 2.05) is 18.2 Å². The molecule has 0 amide bonds. The van der Waals surface area contributed by atoms with Crippen molar-refractivity contribution in [3.05, 3.63) is 60.7 Å². The Morgan fingerprint density at radius 2 is 1.89 bits per heavy atom. The van der Waals surface area contributed by atoms with Crippen LogP contribution in [-0.2, 0) is 4.79 Å². The second-order valence-electron chi connectivity index (χ2n) is 4.02. The molecule has 0 heterocycles. The summed E-state index contributed by atoms with van der Waals surface area (Å²) in [6.45, 7) is 11.2. The van der Waals surface area contributed by atoms with Crippen molar-refractivity contribution < 1.29 is 4.79 Å². The number of hydrogen-bond donors (Lipinski definition) is 0. The average molecular weight is 241 g/mol. The number of anilines is 1. The molecule has 0 aliphatic carbocycles. The zero-order chi connectivity index (χ0) is 13.4. The molecule has 0 bridgehead atoms. The van der Waals surface area contributed by atoms with Crippen LogP contribution in [0.25, 0.3) is 6.08 Å². The van der Waals surface area contributed by atoms with Gasteiger partial charge in [-0.15, -0.1) is 13.2 Å². The van der Waals surface area contributed by atoms with E-state index in [0.29, 0.717) is 0 Å². The third-order valence-electron chi connectivity index (χ3n) is 2.64. The molecule has 1 aromatic carbocycles. The molecular formula is C16H19NO. The quantitative estimate of drug-likeness (QED) is 0.414. The maximum atomic E-state index is 10.3. The average Bonchev–Trinajstić information content (AvgIpc) is 2.37. The predicted molar refractivity (Wildman–Crippen MR) is 78.9 cm³/mol. The maximum Gasteiger partial charge on any atom is 0.142 e. The van der Waals surface area contributed by atoms with Crippen LogP contribution in [-0.4, -0.2) is 19.4 Å². The zero-order valence-electron chi connectivity index (χ0n) is 10.8. The molecular weight excluding hydrogens is 222 g/mol. The molecule has 1 rings (SSSR count). The SMILES string of the molecule is C=CCN(CC=C)c1cc(C=CC=O)ccc1C. The van der Waals surface area contributed by atoms with Crippen LogP contribution in [0, 0.1) is 6.92 Å². The van der Waals surface area contributed by atoms with E-state index in [1.165, 1.54) is 11.6 Å². The largest absolute Gasteiger partial charge is 0.364 e. The first-order valence-corrected chi connectivity index (χ1v) is 5.92. The van der Waals surface area contributed by atoms with Crippen molar-refractivity contribution in [2.24, 2.45) is 0 Å². The molecule has 1 aromatic rings. The van der Waals surface area contributed by atoms with Gasteiger partial charge in [-0.2, -0.15) is 0 Å². The first-order valence-electron chi connectivity index (χ1n) is 5.92. The summed E-state index contributed by atoms with van der Waals surface area (Å²) in [6, 6.07) is 6.13. The maximum absolute atomic E-state index is 10.3. The van der Waals surface area contributed by atoms with Gasteiger partial charge in [-0.25, -0.2) is 0 Å². The molecule has 0 fully saturated rings. The van der Waals surface area contributed by atoms with Gasteiger partial charge in [0.05, 0.1) is 0 Å². The van der Waals surface area contributed by atoms with Crippen LogP contribution in [0.1, 0.15) is 11.1 Å². The number of aryl methyl sites for hydroxylation is 1. The van der Waals surface area contributed by atoms with Crippen molar-refractivity contribution >= 4 is 18.0 Å². The lowest BCUT2D eigenvalue weighted by molar-refractivity contribution is -0.104. The van der Waals surface area contributed by atoms with Gasteiger partial charge in [-0.05, 0) is 30.2 Å². The Morgan fingerprint density at radius 1 is 1.22 bits per heavy atom. The summed E-state index contributed by atoms with van der Waals surface area (Å²) < 4.78 is 0. The van der Waals surface area contributed by atoms with Crippen molar-refractivity contribution in [1.29, 1.82) is 0 Å². The molecule has 0 unspecified atom stereocenters. The van der Waals surface area contributed by atoms with E-state index in [0.717, 1.165) is 30.6 Å². The van der Waals surface area contributed by atoms with Gasteiger partial charge in [-0.1, -0.05) is 30.4 Å². The van der Waals surface area contributed by atoms with Crippen LogP contribution in [0.4, 0.5) is 5.69 Å². The van der Waals surface area contributed by atoms with Gasteiger partial charge in [0.25, 0.3) is 0 Å². The molecule has 2 nitrogen and oxygen atoms in total. The normalized spacial score (nSPS) is 10.3. The zero-order valence-corrected chi connectivity index (χ0v) is 10.8. The van der Waals surface area contributed by atoms with Crippen molar-refractivity contribution in [2.45, 2.75) is 6.92 Å². The van der Waals surface area contributed by atoms with Crippen LogP contribution in [0.3, 0.4) is 0 Å². The van der Waals surface area contributed by atoms with Crippen molar-refractivity contribution in [1.82, 2.24) is 0 Å². The van der Waals surface area contributed by atoms with Gasteiger partial charge >= 0.3 is 0 Å². The number of allylic oxidation sites excluding steroid dienone is 1. The molecule has 0 saturated carbocycles. The second kappa shape index (κ2) is 7.28. The second-order valence-corrected chi connectivity index (χ2v) is 4.02. The third-order valence-corrected chi connectivity index (χ3v) is 2.64. The van der Waals surface area contributed by atoms with Gasteiger partial charge in [-0.3, -0.25) is 4.79 Å². The molecule has 0 radical (unpaired) electrons. The van der Waals surface area contributed by atoms with Gasteiger partial charge < -0.3 is 4.90 Å². The molecule has 0 spiro atoms. The number of aldehydes is 1. The minimum absolute atomic E-state index is 0.772. The van der Waals surface area contributed by atoms with E-state index < -0.39 is 0 Å². The lowest BCUT2D eigenvalue weighted by Crippen LogP contribution is -2.23. The van der Waals surface area contributed by atoms with Gasteiger partial charge in [0.2, 0.25) is 0 Å². The summed E-state index contributed by atoms with van der Waals surface area (Å²) >= 11 is 0. The Bertz CT molecular complexity index is 450. The molecule has 0 aliphatic rings. The van der Waals surface area contributed by atoms with E-state index in [1.54, 1.807) is 6.08 Å². The van der Waals surface area contributed by atoms with E-state index in [4.69, 9.17) is 0 Å². The van der Waals surface area contributed by atoms with E-state index >= 15 is 0 Å². The van der Waals surface area contributed by atoms with Gasteiger partial charge in [0, 0.05) is 18.8 Å². The topological polar surface area (TPSA) is 20.3 Å². The highest BCUT2D eigenvalue weighted by atomic mass is 16.1. The predicted octanol–water partition coefficient (Wildman–Crippen LogP) is 3.39. The Balaban J connectivity index is 3.10. The summed E-state index contributed by atoms with van der Waals surface area (Å²) in [7, 11) is 0. The number of carbonyl (C=O) groups excluding carboxylic acids is 1. The standard InChI is InChI=1S/C16H19NO/c1-4-10-17(11-5-2)16-13-15(7-6-12-18)9-8-14(16)3/h4-9,12-13H,1-2,10-11H2,3H3. The van der Waals surface area contributed by atoms with Gasteiger partial charge in [0.15, 0.2) is 0 Å². The lowest BCUT2D eigenvalue weighted by atomic mass is 10.1. The highest BCUT2D eigenvalue weighted by molar-refractivity contribution is 5.75. The first kappa shape index (κ1) is 14.0. The highest BCUT2D eigenvalue weighted by Crippen LogP contribution is 2.22. The first-order chi connectivity index (χ1) is 8.72. The summed E-state index contributed by atoms with van der Waals surface area (Å²) in [6.07, 6.45) is 7.83. The Morgan fingerprint density at radius 3 is 2.44 bits per heavy atom. The molecule has 2 heteroatoms. The van der Waals surface area contributed by atoms with Crippen molar-refractivity contribution in [2.75, 3.05) is 18.0 Å². The van der Waals surface area contributed by atoms with E-state index in [9.17, 15) is 4.79 Å². The van der Waals surface area contributed by atoms with Crippen LogP contribution < -0.4 is 4.90 Å². The molecule has 0 saturated heterocycles. The highest BCUT2D eigenvalue weighted by Gasteiger charge is 2.06. The Labute approximate surface area is 109 Å². The Hall–Kier alpha value is -2.09. The summed E-state index contributed by atoms with van der Waals surface area (Å²) in [5.41, 5.74) is 3.35. The summed E-state index contributed by atoms with van der Waals surface area (Å²) in [5.74, 6) is 0. The smallest absolute Gasteiger partial charge is 0.142 e. The fourth-order valence-corrected chi connectivity index (χ4v) is 1.80. The minimum Gasteiger partial charge on any atom is -0.364 e. The molecule has 0 aliphatic heterocycles. The molecule has 0 aromatic heterocycles. The number of nitrogens with zero attached hydrogens (tertiary/aromatic N) is 1. The fraction of sp³-hybridized carbons (Fsp3) is 0.188. The summed E-state index contributed by atoms with van der Waals surface area (Å²) in [5, 5.41) is 0. The van der Waals surface area contributed by atoms with Crippen LogP contribution in [0.5, 0.6) is 0 Å². The van der Waals surface area contributed by atoms with Crippen LogP contribution >= 0.6 is 0 Å². The number of benzene rings is 1. The fourth-order valence-electron chi connectivity index (χ4n) is 1.80. The summed E-state index contributed by atoms with van der Waals surface area (Å²) in [4.78, 5) is 12.5. The number of hydrogen-bond acceptors (Lipinski definition) is 2. The monoisotopic (exact) mass is 241 g/mol. The Kier molecular flexibility index (Phi) is 5.65. The van der Waals surface area contributed by atoms with Gasteiger partial charge in [0.1, 0.15) is 6.29 Å². The third kappa shape index (κ3) is 3.74. The molecule has 94 valence electrons. The molecule has 0 N–H and O–H groups in total. The van der Waals surface area contributed by atoms with Crippen molar-refractivity contribution in [3.63, 3.8) is 0 Å². The minimum atomic E-state index is 0.772. The van der Waals surface area contributed by atoms with E-state index in [2.05, 4.69) is 37.1 Å². The van der Waals surface area contributed by atoms with Crippen molar-refractivity contribution in [3.8, 4) is 0 Å². The molecule has 18 heavy (non-hydrogen) atoms. The molecule has 0 atom stereocenters. The number of carbonyl (C=O) groups is 1. The van der Waals surface area contributed by atoms with Crippen LogP contribution in [0.2, 0.25) is 0 Å². The van der Waals surface area contributed by atoms with Crippen LogP contribution in [0.15, 0.2) is 49.6 Å². The van der Waals surface area contributed by atoms with E-state index in [-0.39, 0.29) is 0 Å². The lowest BCUT2D eigenvalue weighted by Gasteiger charge is -2.24. The number of rotatable bonds is 7.